The van der Waals surface area contributed by atoms with E-state index in [0.717, 1.165) is 37.3 Å². The van der Waals surface area contributed by atoms with E-state index in [0.29, 0.717) is 12.1 Å². The second-order valence-electron chi connectivity index (χ2n) is 5.15. The first-order valence-electron chi connectivity index (χ1n) is 6.89. The summed E-state index contributed by atoms with van der Waals surface area (Å²) < 4.78 is 0. The standard InChI is InChI=1S/C16H21N3O/c1-13-5-6-15(14(12-13)4-3-7-17)16(20)19-10-8-18(2)9-11-19/h5-6,12H,7-11,17H2,1-2H3. The number of amides is 1. The summed E-state index contributed by atoms with van der Waals surface area (Å²) in [4.78, 5) is 16.7. The molecule has 0 aliphatic carbocycles. The molecular weight excluding hydrogens is 250 g/mol. The Morgan fingerprint density at radius 1 is 1.30 bits per heavy atom. The van der Waals surface area contributed by atoms with Crippen LogP contribution in [-0.4, -0.2) is 55.5 Å². The third kappa shape index (κ3) is 3.38. The highest BCUT2D eigenvalue weighted by molar-refractivity contribution is 5.97. The number of aryl methyl sites for hydroxylation is 1. The molecule has 1 aromatic carbocycles. The molecule has 1 heterocycles. The Morgan fingerprint density at radius 3 is 2.65 bits per heavy atom. The smallest absolute Gasteiger partial charge is 0.255 e. The van der Waals surface area contributed by atoms with Gasteiger partial charge in [-0.15, -0.1) is 0 Å². The molecule has 1 amide bonds. The highest BCUT2D eigenvalue weighted by Gasteiger charge is 2.21. The van der Waals surface area contributed by atoms with Crippen molar-refractivity contribution in [2.45, 2.75) is 6.92 Å². The Bertz CT molecular complexity index is 549. The second-order valence-corrected chi connectivity index (χ2v) is 5.15. The van der Waals surface area contributed by atoms with E-state index < -0.39 is 0 Å². The Labute approximate surface area is 120 Å². The van der Waals surface area contributed by atoms with E-state index in [1.807, 2.05) is 30.0 Å². The van der Waals surface area contributed by atoms with Crippen LogP contribution in [-0.2, 0) is 0 Å². The molecule has 0 bridgehead atoms. The quantitative estimate of drug-likeness (QED) is 0.765. The van der Waals surface area contributed by atoms with Crippen molar-refractivity contribution in [3.63, 3.8) is 0 Å². The first-order chi connectivity index (χ1) is 9.61. The Hall–Kier alpha value is -1.83. The molecule has 0 aromatic heterocycles. The van der Waals surface area contributed by atoms with Crippen LogP contribution in [0.15, 0.2) is 18.2 Å². The van der Waals surface area contributed by atoms with Gasteiger partial charge in [-0.05, 0) is 31.7 Å². The van der Waals surface area contributed by atoms with Crippen molar-refractivity contribution in [3.8, 4) is 11.8 Å². The Balaban J connectivity index is 2.25. The van der Waals surface area contributed by atoms with Crippen LogP contribution >= 0.6 is 0 Å². The minimum atomic E-state index is 0.0689. The minimum Gasteiger partial charge on any atom is -0.336 e. The van der Waals surface area contributed by atoms with Crippen molar-refractivity contribution in [2.75, 3.05) is 39.8 Å². The zero-order valence-electron chi connectivity index (χ0n) is 12.1. The fourth-order valence-corrected chi connectivity index (χ4v) is 2.27. The Kier molecular flexibility index (Phi) is 4.78. The van der Waals surface area contributed by atoms with E-state index in [9.17, 15) is 4.79 Å². The molecule has 2 N–H and O–H groups in total. The van der Waals surface area contributed by atoms with E-state index in [-0.39, 0.29) is 5.91 Å². The lowest BCUT2D eigenvalue weighted by Crippen LogP contribution is -2.47. The van der Waals surface area contributed by atoms with E-state index >= 15 is 0 Å². The van der Waals surface area contributed by atoms with Crippen molar-refractivity contribution < 1.29 is 4.79 Å². The van der Waals surface area contributed by atoms with Gasteiger partial charge >= 0.3 is 0 Å². The van der Waals surface area contributed by atoms with Crippen LogP contribution in [0, 0.1) is 18.8 Å². The minimum absolute atomic E-state index is 0.0689. The van der Waals surface area contributed by atoms with Crippen LogP contribution in [0.1, 0.15) is 21.5 Å². The van der Waals surface area contributed by atoms with Crippen molar-refractivity contribution in [1.29, 1.82) is 0 Å². The molecule has 1 aliphatic heterocycles. The molecule has 1 aromatic rings. The maximum atomic E-state index is 12.6. The number of nitrogens with zero attached hydrogens (tertiary/aromatic N) is 2. The van der Waals surface area contributed by atoms with Crippen LogP contribution in [0.2, 0.25) is 0 Å². The van der Waals surface area contributed by atoms with Crippen LogP contribution in [0.4, 0.5) is 0 Å². The van der Waals surface area contributed by atoms with Gasteiger partial charge in [0.15, 0.2) is 0 Å². The molecular formula is C16H21N3O. The van der Waals surface area contributed by atoms with Gasteiger partial charge in [-0.2, -0.15) is 0 Å². The lowest BCUT2D eigenvalue weighted by Gasteiger charge is -2.32. The van der Waals surface area contributed by atoms with Gasteiger partial charge in [0.25, 0.3) is 5.91 Å². The summed E-state index contributed by atoms with van der Waals surface area (Å²) >= 11 is 0. The molecule has 1 saturated heterocycles. The summed E-state index contributed by atoms with van der Waals surface area (Å²) in [5.74, 6) is 5.91. The number of piperazine rings is 1. The predicted octanol–water partition coefficient (Wildman–Crippen LogP) is 0.693. The van der Waals surface area contributed by atoms with Gasteiger partial charge in [-0.1, -0.05) is 17.9 Å². The molecule has 0 radical (unpaired) electrons. The first kappa shape index (κ1) is 14.6. The zero-order valence-corrected chi connectivity index (χ0v) is 12.1. The number of rotatable bonds is 1. The maximum absolute atomic E-state index is 12.6. The number of benzene rings is 1. The number of carbonyl (C=O) groups is 1. The molecule has 20 heavy (non-hydrogen) atoms. The topological polar surface area (TPSA) is 49.6 Å². The molecule has 1 fully saturated rings. The monoisotopic (exact) mass is 271 g/mol. The fraction of sp³-hybridized carbons (Fsp3) is 0.438. The normalized spacial score (nSPS) is 15.7. The van der Waals surface area contributed by atoms with Gasteiger partial charge in [0.05, 0.1) is 12.1 Å². The van der Waals surface area contributed by atoms with Crippen LogP contribution in [0.3, 0.4) is 0 Å². The number of hydrogen-bond acceptors (Lipinski definition) is 3. The summed E-state index contributed by atoms with van der Waals surface area (Å²) in [6.45, 7) is 5.68. The molecule has 0 spiro atoms. The lowest BCUT2D eigenvalue weighted by atomic mass is 10.0. The second kappa shape index (κ2) is 6.56. The van der Waals surface area contributed by atoms with Crippen molar-refractivity contribution in [2.24, 2.45) is 5.73 Å². The molecule has 0 saturated carbocycles. The van der Waals surface area contributed by atoms with Gasteiger partial charge in [0.1, 0.15) is 0 Å². The maximum Gasteiger partial charge on any atom is 0.255 e. The summed E-state index contributed by atoms with van der Waals surface area (Å²) in [6.07, 6.45) is 0. The molecule has 2 rings (SSSR count). The first-order valence-corrected chi connectivity index (χ1v) is 6.89. The van der Waals surface area contributed by atoms with Crippen LogP contribution in [0.25, 0.3) is 0 Å². The zero-order chi connectivity index (χ0) is 14.5. The summed E-state index contributed by atoms with van der Waals surface area (Å²) in [6, 6.07) is 5.78. The summed E-state index contributed by atoms with van der Waals surface area (Å²) in [7, 11) is 2.08. The van der Waals surface area contributed by atoms with Crippen molar-refractivity contribution in [1.82, 2.24) is 9.80 Å². The van der Waals surface area contributed by atoms with Gasteiger partial charge in [-0.3, -0.25) is 4.79 Å². The van der Waals surface area contributed by atoms with Gasteiger partial charge in [-0.25, -0.2) is 0 Å². The number of nitrogens with two attached hydrogens (primary N) is 1. The molecule has 4 nitrogen and oxygen atoms in total. The van der Waals surface area contributed by atoms with Crippen molar-refractivity contribution >= 4 is 5.91 Å². The van der Waals surface area contributed by atoms with E-state index in [2.05, 4.69) is 23.8 Å². The molecule has 0 atom stereocenters. The summed E-state index contributed by atoms with van der Waals surface area (Å²) in [5.41, 5.74) is 7.98. The summed E-state index contributed by atoms with van der Waals surface area (Å²) in [5, 5.41) is 0. The SMILES string of the molecule is Cc1ccc(C(=O)N2CCN(C)CC2)c(C#CCN)c1. The average Bonchev–Trinajstić information content (AvgIpc) is 2.45. The van der Waals surface area contributed by atoms with Gasteiger partial charge in [0, 0.05) is 31.7 Å². The molecule has 106 valence electrons. The fourth-order valence-electron chi connectivity index (χ4n) is 2.27. The van der Waals surface area contributed by atoms with E-state index in [1.54, 1.807) is 0 Å². The average molecular weight is 271 g/mol. The Morgan fingerprint density at radius 2 is 2.00 bits per heavy atom. The predicted molar refractivity (Wildman–Crippen MR) is 80.5 cm³/mol. The molecule has 0 unspecified atom stereocenters. The van der Waals surface area contributed by atoms with E-state index in [1.165, 1.54) is 0 Å². The highest BCUT2D eigenvalue weighted by atomic mass is 16.2. The lowest BCUT2D eigenvalue weighted by molar-refractivity contribution is 0.0664. The third-order valence-electron chi connectivity index (χ3n) is 3.52. The van der Waals surface area contributed by atoms with Gasteiger partial charge < -0.3 is 15.5 Å². The molecule has 1 aliphatic rings. The van der Waals surface area contributed by atoms with Gasteiger partial charge in [0.2, 0.25) is 0 Å². The number of likely N-dealkylation sites (N-methyl/N-ethyl adjacent to an activating group) is 1. The van der Waals surface area contributed by atoms with Crippen LogP contribution < -0.4 is 5.73 Å². The van der Waals surface area contributed by atoms with Crippen LogP contribution in [0.5, 0.6) is 0 Å². The van der Waals surface area contributed by atoms with E-state index in [4.69, 9.17) is 5.73 Å². The number of carbonyl (C=O) groups excluding carboxylic acids is 1. The molecule has 4 heteroatoms. The third-order valence-corrected chi connectivity index (χ3v) is 3.52. The largest absolute Gasteiger partial charge is 0.336 e. The van der Waals surface area contributed by atoms with Crippen molar-refractivity contribution in [3.05, 3.63) is 34.9 Å². The highest BCUT2D eigenvalue weighted by Crippen LogP contribution is 2.14. The number of hydrogen-bond donors (Lipinski definition) is 1.